The highest BCUT2D eigenvalue weighted by molar-refractivity contribution is 6.30. The summed E-state index contributed by atoms with van der Waals surface area (Å²) in [6, 6.07) is 15.7. The van der Waals surface area contributed by atoms with Crippen LogP contribution in [-0.4, -0.2) is 36.5 Å². The van der Waals surface area contributed by atoms with Crippen LogP contribution < -0.4 is 5.32 Å². The number of amides is 1. The molecular weight excluding hydrogens is 454 g/mol. The van der Waals surface area contributed by atoms with Gasteiger partial charge in [0, 0.05) is 35.6 Å². The van der Waals surface area contributed by atoms with E-state index in [1.165, 1.54) is 12.1 Å². The number of carboxylic acids is 1. The number of hydrogen-bond donors (Lipinski definition) is 2. The Bertz CT molecular complexity index is 1540. The Hall–Kier alpha value is -4.17. The molecule has 0 atom stereocenters. The largest absolute Gasteiger partial charge is 0.478 e. The van der Waals surface area contributed by atoms with E-state index >= 15 is 0 Å². The molecule has 1 amide bonds. The molecule has 2 heterocycles. The molecule has 0 fully saturated rings. The molecule has 0 saturated carbocycles. The van der Waals surface area contributed by atoms with Gasteiger partial charge in [0.25, 0.3) is 5.91 Å². The number of aromatic carboxylic acids is 1. The van der Waals surface area contributed by atoms with Crippen molar-refractivity contribution in [2.45, 2.75) is 13.1 Å². The van der Waals surface area contributed by atoms with Crippen LogP contribution >= 0.6 is 11.6 Å². The van der Waals surface area contributed by atoms with Crippen molar-refractivity contribution in [3.8, 4) is 0 Å². The normalized spacial score (nSPS) is 11.2. The lowest BCUT2D eigenvalue weighted by atomic mass is 10.1. The molecule has 5 rings (SSSR count). The summed E-state index contributed by atoms with van der Waals surface area (Å²) in [4.78, 5) is 24.4. The summed E-state index contributed by atoms with van der Waals surface area (Å²) in [5, 5.41) is 23.4. The van der Waals surface area contributed by atoms with E-state index in [4.69, 9.17) is 16.7 Å². The molecule has 2 N–H and O–H groups in total. The number of rotatable bonds is 6. The first-order chi connectivity index (χ1) is 16.4. The van der Waals surface area contributed by atoms with Gasteiger partial charge in [-0.15, -0.1) is 0 Å². The van der Waals surface area contributed by atoms with Gasteiger partial charge in [-0.3, -0.25) is 14.2 Å². The molecule has 170 valence electrons. The lowest BCUT2D eigenvalue weighted by Gasteiger charge is -2.11. The van der Waals surface area contributed by atoms with Gasteiger partial charge in [-0.05, 0) is 41.5 Å². The quantitative estimate of drug-likeness (QED) is 0.384. The minimum Gasteiger partial charge on any atom is -0.478 e. The molecule has 0 spiro atoms. The third kappa shape index (κ3) is 4.11. The predicted molar refractivity (Wildman–Crippen MR) is 129 cm³/mol. The number of aromatic nitrogens is 4. The Balaban J connectivity index is 1.51. The molecule has 9 heteroatoms. The van der Waals surface area contributed by atoms with Crippen LogP contribution in [-0.2, 0) is 20.1 Å². The highest BCUT2D eigenvalue weighted by Crippen LogP contribution is 2.28. The number of carboxylic acid groups (broad SMARTS) is 1. The molecule has 0 aliphatic rings. The molecule has 0 aliphatic heterocycles. The van der Waals surface area contributed by atoms with Gasteiger partial charge in [-0.25, -0.2) is 4.79 Å². The van der Waals surface area contributed by atoms with Gasteiger partial charge in [-0.2, -0.15) is 10.2 Å². The maximum absolute atomic E-state index is 13.3. The van der Waals surface area contributed by atoms with E-state index < -0.39 is 5.97 Å². The van der Waals surface area contributed by atoms with E-state index in [2.05, 4.69) is 15.5 Å². The molecule has 8 nitrogen and oxygen atoms in total. The number of fused-ring (bicyclic) bond motifs is 3. The van der Waals surface area contributed by atoms with Crippen LogP contribution in [0.2, 0.25) is 5.02 Å². The standard InChI is InChI=1S/C25H20ClN5O3/c1-30-14-18-10-20(24(32)27-11-15-2-6-17(7-3-15)25(33)34)23-21(22(18)29-30)12-28-31(23)13-16-4-8-19(26)9-5-16/h2-10,12,14H,11,13H2,1H3,(H,27,32)(H,33,34). The van der Waals surface area contributed by atoms with E-state index in [0.717, 1.165) is 27.4 Å². The average molecular weight is 474 g/mol. The Labute approximate surface area is 199 Å². The van der Waals surface area contributed by atoms with E-state index in [0.29, 0.717) is 22.6 Å². The number of halogens is 1. The summed E-state index contributed by atoms with van der Waals surface area (Å²) >= 11 is 6.02. The van der Waals surface area contributed by atoms with Crippen LogP contribution in [0.1, 0.15) is 31.8 Å². The summed E-state index contributed by atoms with van der Waals surface area (Å²) in [7, 11) is 1.84. The zero-order chi connectivity index (χ0) is 23.8. The number of benzene rings is 3. The molecule has 0 radical (unpaired) electrons. The van der Waals surface area contributed by atoms with Gasteiger partial charge in [0.2, 0.25) is 0 Å². The number of nitrogens with zero attached hydrogens (tertiary/aromatic N) is 4. The van der Waals surface area contributed by atoms with Crippen molar-refractivity contribution in [2.24, 2.45) is 7.05 Å². The smallest absolute Gasteiger partial charge is 0.335 e. The van der Waals surface area contributed by atoms with Crippen molar-refractivity contribution in [3.63, 3.8) is 0 Å². The van der Waals surface area contributed by atoms with Crippen molar-refractivity contribution < 1.29 is 14.7 Å². The Morgan fingerprint density at radius 1 is 1.06 bits per heavy atom. The lowest BCUT2D eigenvalue weighted by molar-refractivity contribution is 0.0696. The van der Waals surface area contributed by atoms with Crippen LogP contribution in [0.4, 0.5) is 0 Å². The molecular formula is C25H20ClN5O3. The zero-order valence-corrected chi connectivity index (χ0v) is 19.0. The predicted octanol–water partition coefficient (Wildman–Crippen LogP) is 4.25. The van der Waals surface area contributed by atoms with E-state index in [1.54, 1.807) is 27.7 Å². The maximum atomic E-state index is 13.3. The van der Waals surface area contributed by atoms with E-state index in [9.17, 15) is 9.59 Å². The molecule has 0 unspecified atom stereocenters. The number of carbonyl (C=O) groups is 2. The molecule has 0 saturated heterocycles. The molecule has 34 heavy (non-hydrogen) atoms. The second-order valence-corrected chi connectivity index (χ2v) is 8.48. The molecule has 2 aromatic heterocycles. The van der Waals surface area contributed by atoms with Crippen molar-refractivity contribution in [1.29, 1.82) is 0 Å². The second-order valence-electron chi connectivity index (χ2n) is 8.04. The number of nitrogens with one attached hydrogen (secondary N) is 1. The first-order valence-electron chi connectivity index (χ1n) is 10.6. The SMILES string of the molecule is Cn1cc2cc(C(=O)NCc3ccc(C(=O)O)cc3)c3c(cnn3Cc3ccc(Cl)cc3)c2n1. The zero-order valence-electron chi connectivity index (χ0n) is 18.2. The number of carbonyl (C=O) groups excluding carboxylic acids is 1. The van der Waals surface area contributed by atoms with Crippen LogP contribution in [0.3, 0.4) is 0 Å². The minimum absolute atomic E-state index is 0.199. The Morgan fingerprint density at radius 3 is 2.47 bits per heavy atom. The highest BCUT2D eigenvalue weighted by atomic mass is 35.5. The van der Waals surface area contributed by atoms with Gasteiger partial charge < -0.3 is 10.4 Å². The van der Waals surface area contributed by atoms with Crippen LogP contribution in [0.25, 0.3) is 21.8 Å². The monoisotopic (exact) mass is 473 g/mol. The second kappa shape index (κ2) is 8.64. The van der Waals surface area contributed by atoms with E-state index in [1.807, 2.05) is 43.6 Å². The summed E-state index contributed by atoms with van der Waals surface area (Å²) in [6.07, 6.45) is 3.61. The van der Waals surface area contributed by atoms with Gasteiger partial charge in [0.05, 0.1) is 29.4 Å². The van der Waals surface area contributed by atoms with Gasteiger partial charge in [-0.1, -0.05) is 35.9 Å². The Morgan fingerprint density at radius 2 is 1.76 bits per heavy atom. The molecule has 5 aromatic rings. The molecule has 3 aromatic carbocycles. The van der Waals surface area contributed by atoms with Gasteiger partial charge in [0.15, 0.2) is 0 Å². The van der Waals surface area contributed by atoms with Crippen molar-refractivity contribution >= 4 is 45.3 Å². The van der Waals surface area contributed by atoms with Crippen molar-refractivity contribution in [2.75, 3.05) is 0 Å². The number of aryl methyl sites for hydroxylation is 1. The summed E-state index contributed by atoms with van der Waals surface area (Å²) in [6.45, 7) is 0.729. The molecule has 0 bridgehead atoms. The van der Waals surface area contributed by atoms with Crippen molar-refractivity contribution in [1.82, 2.24) is 24.9 Å². The average Bonchev–Trinajstić information content (AvgIpc) is 3.41. The minimum atomic E-state index is -0.989. The summed E-state index contributed by atoms with van der Waals surface area (Å²) in [5.74, 6) is -1.24. The third-order valence-electron chi connectivity index (χ3n) is 5.65. The van der Waals surface area contributed by atoms with Crippen LogP contribution in [0.15, 0.2) is 67.0 Å². The summed E-state index contributed by atoms with van der Waals surface area (Å²) in [5.41, 5.74) is 3.96. The first-order valence-corrected chi connectivity index (χ1v) is 10.9. The van der Waals surface area contributed by atoms with Crippen LogP contribution in [0.5, 0.6) is 0 Å². The van der Waals surface area contributed by atoms with Crippen LogP contribution in [0, 0.1) is 0 Å². The van der Waals surface area contributed by atoms with E-state index in [-0.39, 0.29) is 18.0 Å². The Kier molecular flexibility index (Phi) is 5.51. The fourth-order valence-corrected chi connectivity index (χ4v) is 4.11. The maximum Gasteiger partial charge on any atom is 0.335 e. The number of hydrogen-bond acceptors (Lipinski definition) is 4. The fourth-order valence-electron chi connectivity index (χ4n) is 3.99. The summed E-state index contributed by atoms with van der Waals surface area (Å²) < 4.78 is 3.51. The topological polar surface area (TPSA) is 102 Å². The van der Waals surface area contributed by atoms with Gasteiger partial charge >= 0.3 is 5.97 Å². The van der Waals surface area contributed by atoms with Gasteiger partial charge in [0.1, 0.15) is 5.52 Å². The molecule has 0 aliphatic carbocycles. The van der Waals surface area contributed by atoms with Crippen molar-refractivity contribution in [3.05, 3.63) is 94.3 Å². The third-order valence-corrected chi connectivity index (χ3v) is 5.90. The highest BCUT2D eigenvalue weighted by Gasteiger charge is 2.19. The fraction of sp³-hybridized carbons (Fsp3) is 0.120. The lowest BCUT2D eigenvalue weighted by Crippen LogP contribution is -2.23. The first kappa shape index (κ1) is 21.7.